The van der Waals surface area contributed by atoms with Gasteiger partial charge in [-0.2, -0.15) is 0 Å². The van der Waals surface area contributed by atoms with Gasteiger partial charge in [-0.15, -0.1) is 0 Å². The van der Waals surface area contributed by atoms with E-state index < -0.39 is 9.84 Å². The zero-order valence-electron chi connectivity index (χ0n) is 9.04. The van der Waals surface area contributed by atoms with Gasteiger partial charge in [-0.3, -0.25) is 0 Å². The Kier molecular flexibility index (Phi) is 2.15. The minimum absolute atomic E-state index is 0.424. The first-order valence-corrected chi connectivity index (χ1v) is 7.86. The first kappa shape index (κ1) is 10.1. The second-order valence-corrected chi connectivity index (χ2v) is 7.90. The molecule has 1 heterocycles. The number of rotatable bonds is 3. The fourth-order valence-electron chi connectivity index (χ4n) is 2.87. The molecular formula is C11H19NO2S. The third-order valence-electron chi connectivity index (χ3n) is 4.41. The van der Waals surface area contributed by atoms with Crippen LogP contribution in [0.1, 0.15) is 32.1 Å². The molecule has 3 aliphatic rings. The average Bonchev–Trinajstić information content (AvgIpc) is 3.07. The van der Waals surface area contributed by atoms with Crippen LogP contribution in [0.5, 0.6) is 0 Å². The van der Waals surface area contributed by atoms with Gasteiger partial charge < -0.3 is 5.32 Å². The van der Waals surface area contributed by atoms with Gasteiger partial charge in [0.1, 0.15) is 9.84 Å². The molecule has 1 spiro atoms. The van der Waals surface area contributed by atoms with Crippen molar-refractivity contribution in [2.45, 2.75) is 38.1 Å². The molecule has 3 rings (SSSR count). The minimum atomic E-state index is -2.68. The molecule has 86 valence electrons. The lowest BCUT2D eigenvalue weighted by Gasteiger charge is -2.22. The number of nitrogens with one attached hydrogen (secondary N) is 1. The fourth-order valence-corrected chi connectivity index (χ4v) is 4.51. The lowest BCUT2D eigenvalue weighted by Crippen LogP contribution is -2.28. The molecule has 0 bridgehead atoms. The van der Waals surface area contributed by atoms with Crippen LogP contribution in [0.4, 0.5) is 0 Å². The minimum Gasteiger partial charge on any atom is -0.314 e. The van der Waals surface area contributed by atoms with Crippen molar-refractivity contribution in [3.05, 3.63) is 0 Å². The summed E-state index contributed by atoms with van der Waals surface area (Å²) in [6.45, 7) is 1.13. The van der Waals surface area contributed by atoms with Crippen LogP contribution < -0.4 is 5.32 Å². The van der Waals surface area contributed by atoms with Crippen molar-refractivity contribution in [3.8, 4) is 0 Å². The van der Waals surface area contributed by atoms with Gasteiger partial charge in [-0.1, -0.05) is 0 Å². The highest BCUT2D eigenvalue weighted by Gasteiger charge is 2.55. The Morgan fingerprint density at radius 2 is 1.87 bits per heavy atom. The van der Waals surface area contributed by atoms with Gasteiger partial charge in [0.15, 0.2) is 0 Å². The fraction of sp³-hybridized carbons (Fsp3) is 1.00. The SMILES string of the molecule is O=S1(=O)CCC2(CC1)CC2CNC1CC1. The zero-order valence-corrected chi connectivity index (χ0v) is 9.85. The maximum Gasteiger partial charge on any atom is 0.150 e. The van der Waals surface area contributed by atoms with Crippen LogP contribution in [-0.4, -0.2) is 32.5 Å². The van der Waals surface area contributed by atoms with Crippen LogP contribution >= 0.6 is 0 Å². The number of hydrogen-bond acceptors (Lipinski definition) is 3. The van der Waals surface area contributed by atoms with E-state index in [0.29, 0.717) is 16.9 Å². The molecule has 1 unspecified atom stereocenters. The normalized spacial score (nSPS) is 36.7. The van der Waals surface area contributed by atoms with E-state index in [-0.39, 0.29) is 0 Å². The molecular weight excluding hydrogens is 210 g/mol. The van der Waals surface area contributed by atoms with Gasteiger partial charge in [0.2, 0.25) is 0 Å². The summed E-state index contributed by atoms with van der Waals surface area (Å²) in [5.74, 6) is 1.65. The van der Waals surface area contributed by atoms with Crippen LogP contribution in [-0.2, 0) is 9.84 Å². The van der Waals surface area contributed by atoms with Gasteiger partial charge in [0.05, 0.1) is 11.5 Å². The lowest BCUT2D eigenvalue weighted by molar-refractivity contribution is 0.394. The lowest BCUT2D eigenvalue weighted by atomic mass is 9.96. The molecule has 3 fully saturated rings. The zero-order chi connectivity index (χ0) is 10.5. The number of sulfone groups is 1. The van der Waals surface area contributed by atoms with Crippen LogP contribution in [0.25, 0.3) is 0 Å². The van der Waals surface area contributed by atoms with E-state index in [9.17, 15) is 8.42 Å². The van der Waals surface area contributed by atoms with Crippen molar-refractivity contribution in [1.82, 2.24) is 5.32 Å². The standard InChI is InChI=1S/C11H19NO2S/c13-15(14)5-3-11(4-6-15)7-9(11)8-12-10-1-2-10/h9-10,12H,1-8H2. The van der Waals surface area contributed by atoms with Gasteiger partial charge in [-0.05, 0) is 50.0 Å². The monoisotopic (exact) mass is 229 g/mol. The van der Waals surface area contributed by atoms with Gasteiger partial charge >= 0.3 is 0 Å². The van der Waals surface area contributed by atoms with Crippen molar-refractivity contribution in [2.24, 2.45) is 11.3 Å². The Morgan fingerprint density at radius 1 is 1.20 bits per heavy atom. The van der Waals surface area contributed by atoms with E-state index in [1.807, 2.05) is 0 Å². The first-order chi connectivity index (χ1) is 7.10. The molecule has 4 heteroatoms. The van der Waals surface area contributed by atoms with Crippen LogP contribution in [0.2, 0.25) is 0 Å². The Morgan fingerprint density at radius 3 is 2.47 bits per heavy atom. The molecule has 15 heavy (non-hydrogen) atoms. The summed E-state index contributed by atoms with van der Waals surface area (Å²) in [6.07, 6.45) is 5.79. The molecule has 0 aromatic heterocycles. The van der Waals surface area contributed by atoms with Crippen molar-refractivity contribution in [1.29, 1.82) is 0 Å². The topological polar surface area (TPSA) is 46.2 Å². The highest BCUT2D eigenvalue weighted by atomic mass is 32.2. The molecule has 3 nitrogen and oxygen atoms in total. The van der Waals surface area contributed by atoms with Crippen molar-refractivity contribution in [2.75, 3.05) is 18.1 Å². The maximum atomic E-state index is 11.3. The molecule has 2 saturated carbocycles. The van der Waals surface area contributed by atoms with E-state index in [1.54, 1.807) is 0 Å². The van der Waals surface area contributed by atoms with Crippen molar-refractivity contribution < 1.29 is 8.42 Å². The van der Waals surface area contributed by atoms with E-state index >= 15 is 0 Å². The van der Waals surface area contributed by atoms with Gasteiger partial charge in [0.25, 0.3) is 0 Å². The molecule has 1 N–H and O–H groups in total. The highest BCUT2D eigenvalue weighted by molar-refractivity contribution is 7.91. The van der Waals surface area contributed by atoms with Crippen LogP contribution in [0.15, 0.2) is 0 Å². The van der Waals surface area contributed by atoms with E-state index in [4.69, 9.17) is 0 Å². The molecule has 0 amide bonds. The summed E-state index contributed by atoms with van der Waals surface area (Å²) in [5.41, 5.74) is 0.424. The summed E-state index contributed by atoms with van der Waals surface area (Å²) >= 11 is 0. The predicted octanol–water partition coefficient (Wildman–Crippen LogP) is 0.953. The van der Waals surface area contributed by atoms with Crippen molar-refractivity contribution in [3.63, 3.8) is 0 Å². The molecule has 1 saturated heterocycles. The van der Waals surface area contributed by atoms with E-state index in [1.165, 1.54) is 19.3 Å². The van der Waals surface area contributed by atoms with E-state index in [0.717, 1.165) is 31.3 Å². The van der Waals surface area contributed by atoms with Gasteiger partial charge in [-0.25, -0.2) is 8.42 Å². The Bertz CT molecular complexity index is 345. The Labute approximate surface area is 91.5 Å². The molecule has 1 atom stereocenters. The van der Waals surface area contributed by atoms with Gasteiger partial charge in [0, 0.05) is 6.04 Å². The molecule has 0 aromatic rings. The van der Waals surface area contributed by atoms with Crippen molar-refractivity contribution >= 4 is 9.84 Å². The summed E-state index contributed by atoms with van der Waals surface area (Å²) < 4.78 is 22.7. The highest BCUT2D eigenvalue weighted by Crippen LogP contribution is 2.59. The summed E-state index contributed by atoms with van der Waals surface area (Å²) in [4.78, 5) is 0. The number of hydrogen-bond donors (Lipinski definition) is 1. The van der Waals surface area contributed by atoms with Crippen LogP contribution in [0, 0.1) is 11.3 Å². The van der Waals surface area contributed by atoms with Crippen LogP contribution in [0.3, 0.4) is 0 Å². The smallest absolute Gasteiger partial charge is 0.150 e. The molecule has 2 aliphatic carbocycles. The third kappa shape index (κ3) is 2.07. The predicted molar refractivity (Wildman–Crippen MR) is 59.5 cm³/mol. The Hall–Kier alpha value is -0.0900. The Balaban J connectivity index is 1.51. The maximum absolute atomic E-state index is 11.3. The van der Waals surface area contributed by atoms with E-state index in [2.05, 4.69) is 5.32 Å². The average molecular weight is 229 g/mol. The third-order valence-corrected chi connectivity index (χ3v) is 6.06. The largest absolute Gasteiger partial charge is 0.314 e. The second kappa shape index (κ2) is 3.20. The molecule has 1 aliphatic heterocycles. The summed E-state index contributed by atoms with van der Waals surface area (Å²) in [7, 11) is -2.68. The summed E-state index contributed by atoms with van der Waals surface area (Å²) in [5, 5.41) is 3.56. The quantitative estimate of drug-likeness (QED) is 0.784. The first-order valence-electron chi connectivity index (χ1n) is 6.04. The summed E-state index contributed by atoms with van der Waals surface area (Å²) in [6, 6.07) is 0.787. The molecule has 0 aromatic carbocycles. The molecule has 0 radical (unpaired) electrons. The second-order valence-electron chi connectivity index (χ2n) is 5.60.